The van der Waals surface area contributed by atoms with Gasteiger partial charge in [-0.1, -0.05) is 0 Å². The van der Waals surface area contributed by atoms with Crippen molar-refractivity contribution in [1.29, 1.82) is 0 Å². The standard InChI is InChI=1S/C13H18O4/c1-9-12(16-2)7-6-10(13(9)17-3)11(15)5-4-8-14/h6-7,14H,4-5,8H2,1-3H3. The van der Waals surface area contributed by atoms with Crippen molar-refractivity contribution in [2.45, 2.75) is 19.8 Å². The molecule has 0 aliphatic carbocycles. The molecule has 0 saturated heterocycles. The third kappa shape index (κ3) is 2.97. The maximum Gasteiger partial charge on any atom is 0.166 e. The van der Waals surface area contributed by atoms with Crippen LogP contribution in [-0.4, -0.2) is 31.7 Å². The number of methoxy groups -OCH3 is 2. The van der Waals surface area contributed by atoms with Crippen LogP contribution < -0.4 is 9.47 Å². The second-order valence-corrected chi connectivity index (χ2v) is 3.72. The van der Waals surface area contributed by atoms with Crippen molar-refractivity contribution >= 4 is 5.78 Å². The molecule has 0 aliphatic heterocycles. The highest BCUT2D eigenvalue weighted by molar-refractivity contribution is 5.99. The number of Topliss-reactive ketones (excluding diaryl/α,β-unsaturated/α-hetero) is 1. The summed E-state index contributed by atoms with van der Waals surface area (Å²) in [6.07, 6.45) is 0.783. The number of benzene rings is 1. The molecule has 0 fully saturated rings. The first-order valence-corrected chi connectivity index (χ1v) is 5.51. The number of aliphatic hydroxyl groups is 1. The minimum atomic E-state index is -0.0262. The van der Waals surface area contributed by atoms with Crippen molar-refractivity contribution in [3.05, 3.63) is 23.3 Å². The van der Waals surface area contributed by atoms with E-state index in [1.54, 1.807) is 19.2 Å². The zero-order valence-electron chi connectivity index (χ0n) is 10.4. The van der Waals surface area contributed by atoms with E-state index >= 15 is 0 Å². The molecule has 0 bridgehead atoms. The van der Waals surface area contributed by atoms with Crippen LogP contribution in [0.2, 0.25) is 0 Å². The van der Waals surface area contributed by atoms with Gasteiger partial charge in [0.25, 0.3) is 0 Å². The van der Waals surface area contributed by atoms with Gasteiger partial charge in [0.1, 0.15) is 11.5 Å². The molecule has 0 heterocycles. The minimum absolute atomic E-state index is 0.0171. The molecule has 1 aromatic rings. The lowest BCUT2D eigenvalue weighted by Gasteiger charge is -2.13. The summed E-state index contributed by atoms with van der Waals surface area (Å²) in [5.41, 5.74) is 1.35. The Morgan fingerprint density at radius 3 is 2.53 bits per heavy atom. The van der Waals surface area contributed by atoms with E-state index in [0.29, 0.717) is 29.9 Å². The number of hydrogen-bond donors (Lipinski definition) is 1. The fourth-order valence-electron chi connectivity index (χ4n) is 1.75. The number of ketones is 1. The summed E-state index contributed by atoms with van der Waals surface area (Å²) in [4.78, 5) is 11.9. The van der Waals surface area contributed by atoms with E-state index in [-0.39, 0.29) is 12.4 Å². The number of carbonyl (C=O) groups is 1. The summed E-state index contributed by atoms with van der Waals surface area (Å²) in [5.74, 6) is 1.22. The molecule has 17 heavy (non-hydrogen) atoms. The average Bonchev–Trinajstić information content (AvgIpc) is 2.35. The van der Waals surface area contributed by atoms with Gasteiger partial charge in [0.15, 0.2) is 5.78 Å². The van der Waals surface area contributed by atoms with Gasteiger partial charge in [-0.2, -0.15) is 0 Å². The van der Waals surface area contributed by atoms with Crippen LogP contribution in [0.5, 0.6) is 11.5 Å². The Morgan fingerprint density at radius 1 is 1.29 bits per heavy atom. The molecule has 0 amide bonds. The maximum absolute atomic E-state index is 11.9. The van der Waals surface area contributed by atoms with Crippen LogP contribution in [0.15, 0.2) is 12.1 Å². The van der Waals surface area contributed by atoms with Crippen molar-refractivity contribution in [2.75, 3.05) is 20.8 Å². The Hall–Kier alpha value is -1.55. The monoisotopic (exact) mass is 238 g/mol. The SMILES string of the molecule is COc1ccc(C(=O)CCCO)c(OC)c1C. The van der Waals surface area contributed by atoms with Gasteiger partial charge in [-0.05, 0) is 25.5 Å². The number of hydrogen-bond acceptors (Lipinski definition) is 4. The molecule has 0 atom stereocenters. The largest absolute Gasteiger partial charge is 0.496 e. The molecular weight excluding hydrogens is 220 g/mol. The minimum Gasteiger partial charge on any atom is -0.496 e. The van der Waals surface area contributed by atoms with Crippen molar-refractivity contribution in [1.82, 2.24) is 0 Å². The van der Waals surface area contributed by atoms with Crippen molar-refractivity contribution in [3.8, 4) is 11.5 Å². The second-order valence-electron chi connectivity index (χ2n) is 3.72. The van der Waals surface area contributed by atoms with Gasteiger partial charge in [-0.3, -0.25) is 4.79 Å². The van der Waals surface area contributed by atoms with Gasteiger partial charge in [-0.15, -0.1) is 0 Å². The van der Waals surface area contributed by atoms with Gasteiger partial charge in [-0.25, -0.2) is 0 Å². The third-order valence-electron chi connectivity index (χ3n) is 2.64. The highest BCUT2D eigenvalue weighted by Crippen LogP contribution is 2.32. The Kier molecular flexibility index (Phi) is 4.97. The Bertz CT molecular complexity index is 399. The van der Waals surface area contributed by atoms with Gasteiger partial charge in [0, 0.05) is 18.6 Å². The number of rotatable bonds is 6. The number of carbonyl (C=O) groups excluding carboxylic acids is 1. The predicted molar refractivity (Wildman–Crippen MR) is 64.9 cm³/mol. The second kappa shape index (κ2) is 6.25. The van der Waals surface area contributed by atoms with Crippen LogP contribution in [0.1, 0.15) is 28.8 Å². The van der Waals surface area contributed by atoms with Crippen molar-refractivity contribution in [3.63, 3.8) is 0 Å². The van der Waals surface area contributed by atoms with Crippen LogP contribution in [0.25, 0.3) is 0 Å². The predicted octanol–water partition coefficient (Wildman–Crippen LogP) is 1.97. The fraction of sp³-hybridized carbons (Fsp3) is 0.462. The Labute approximate surface area is 101 Å². The molecule has 0 spiro atoms. The molecule has 0 radical (unpaired) electrons. The van der Waals surface area contributed by atoms with Crippen LogP contribution in [0.3, 0.4) is 0 Å². The molecule has 4 nitrogen and oxygen atoms in total. The first-order chi connectivity index (χ1) is 8.15. The molecule has 0 unspecified atom stereocenters. The van der Waals surface area contributed by atoms with Crippen LogP contribution in [0.4, 0.5) is 0 Å². The lowest BCUT2D eigenvalue weighted by Crippen LogP contribution is -2.05. The maximum atomic E-state index is 11.9. The van der Waals surface area contributed by atoms with Gasteiger partial charge < -0.3 is 14.6 Å². The lowest BCUT2D eigenvalue weighted by molar-refractivity contribution is 0.0968. The van der Waals surface area contributed by atoms with Gasteiger partial charge >= 0.3 is 0 Å². The quantitative estimate of drug-likeness (QED) is 0.770. The highest BCUT2D eigenvalue weighted by atomic mass is 16.5. The number of aliphatic hydroxyl groups excluding tert-OH is 1. The summed E-state index contributed by atoms with van der Waals surface area (Å²) in [7, 11) is 3.11. The van der Waals surface area contributed by atoms with Crippen molar-refractivity contribution in [2.24, 2.45) is 0 Å². The van der Waals surface area contributed by atoms with E-state index in [2.05, 4.69) is 0 Å². The van der Waals surface area contributed by atoms with Crippen LogP contribution in [0, 0.1) is 6.92 Å². The lowest BCUT2D eigenvalue weighted by atomic mass is 10.0. The summed E-state index contributed by atoms with van der Waals surface area (Å²) in [6, 6.07) is 3.45. The van der Waals surface area contributed by atoms with E-state index in [4.69, 9.17) is 14.6 Å². The first-order valence-electron chi connectivity index (χ1n) is 5.51. The molecule has 1 N–H and O–H groups in total. The molecule has 1 aromatic carbocycles. The molecule has 1 rings (SSSR count). The zero-order valence-corrected chi connectivity index (χ0v) is 10.4. The number of ether oxygens (including phenoxy) is 2. The van der Waals surface area contributed by atoms with E-state index in [1.807, 2.05) is 6.92 Å². The summed E-state index contributed by atoms with van der Waals surface area (Å²) in [5, 5.41) is 8.72. The van der Waals surface area contributed by atoms with E-state index in [9.17, 15) is 4.79 Å². The summed E-state index contributed by atoms with van der Waals surface area (Å²) in [6.45, 7) is 1.86. The van der Waals surface area contributed by atoms with E-state index in [0.717, 1.165) is 5.56 Å². The molecule has 0 aromatic heterocycles. The summed E-state index contributed by atoms with van der Waals surface area (Å²) >= 11 is 0. The Balaban J connectivity index is 3.07. The normalized spacial score (nSPS) is 10.1. The van der Waals surface area contributed by atoms with Crippen molar-refractivity contribution < 1.29 is 19.4 Å². The van der Waals surface area contributed by atoms with E-state index < -0.39 is 0 Å². The third-order valence-corrected chi connectivity index (χ3v) is 2.64. The van der Waals surface area contributed by atoms with Gasteiger partial charge in [0.05, 0.1) is 19.8 Å². The fourth-order valence-corrected chi connectivity index (χ4v) is 1.75. The smallest absolute Gasteiger partial charge is 0.166 e. The first kappa shape index (κ1) is 13.5. The molecule has 4 heteroatoms. The van der Waals surface area contributed by atoms with E-state index in [1.165, 1.54) is 7.11 Å². The topological polar surface area (TPSA) is 55.8 Å². The average molecular weight is 238 g/mol. The molecule has 0 saturated carbocycles. The zero-order chi connectivity index (χ0) is 12.8. The molecule has 94 valence electrons. The molecular formula is C13H18O4. The Morgan fingerprint density at radius 2 is 2.00 bits per heavy atom. The van der Waals surface area contributed by atoms with Crippen LogP contribution >= 0.6 is 0 Å². The van der Waals surface area contributed by atoms with Crippen LogP contribution in [-0.2, 0) is 0 Å². The summed E-state index contributed by atoms with van der Waals surface area (Å²) < 4.78 is 10.4. The highest BCUT2D eigenvalue weighted by Gasteiger charge is 2.16. The molecule has 0 aliphatic rings. The van der Waals surface area contributed by atoms with Gasteiger partial charge in [0.2, 0.25) is 0 Å².